The molecule has 0 aromatic carbocycles. The highest BCUT2D eigenvalue weighted by molar-refractivity contribution is 5.91. The highest BCUT2D eigenvalue weighted by Crippen LogP contribution is 2.05. The van der Waals surface area contributed by atoms with E-state index in [2.05, 4.69) is 16.0 Å². The number of hydrogen-bond donors (Lipinski definition) is 5. The van der Waals surface area contributed by atoms with Gasteiger partial charge < -0.3 is 26.8 Å². The van der Waals surface area contributed by atoms with Crippen LogP contribution in [0, 0.1) is 0 Å². The number of aliphatic carboxylic acids is 1. The SMILES string of the molecule is CC(NC(=O)C1CCCN1)C(=O)NC(CCC(N)=O)C(=O)O. The van der Waals surface area contributed by atoms with Gasteiger partial charge in [0, 0.05) is 6.42 Å². The van der Waals surface area contributed by atoms with Crippen molar-refractivity contribution in [2.45, 2.75) is 50.7 Å². The van der Waals surface area contributed by atoms with Gasteiger partial charge in [0.05, 0.1) is 6.04 Å². The summed E-state index contributed by atoms with van der Waals surface area (Å²) in [6.07, 6.45) is 1.36. The van der Waals surface area contributed by atoms with Crippen LogP contribution in [-0.4, -0.2) is 53.5 Å². The zero-order chi connectivity index (χ0) is 16.7. The number of amides is 3. The first-order chi connectivity index (χ1) is 10.3. The van der Waals surface area contributed by atoms with Gasteiger partial charge in [0.1, 0.15) is 12.1 Å². The van der Waals surface area contributed by atoms with Crippen LogP contribution in [0.2, 0.25) is 0 Å². The summed E-state index contributed by atoms with van der Waals surface area (Å²) in [5.74, 6) is -2.81. The van der Waals surface area contributed by atoms with E-state index in [0.717, 1.165) is 13.0 Å². The highest BCUT2D eigenvalue weighted by atomic mass is 16.4. The van der Waals surface area contributed by atoms with Crippen LogP contribution in [0.25, 0.3) is 0 Å². The van der Waals surface area contributed by atoms with Crippen LogP contribution in [0.5, 0.6) is 0 Å². The molecule has 1 aliphatic heterocycles. The molecule has 0 aliphatic carbocycles. The van der Waals surface area contributed by atoms with E-state index in [-0.39, 0.29) is 24.8 Å². The fourth-order valence-corrected chi connectivity index (χ4v) is 2.13. The molecule has 3 atom stereocenters. The van der Waals surface area contributed by atoms with Crippen LogP contribution in [0.3, 0.4) is 0 Å². The molecule has 124 valence electrons. The molecule has 1 rings (SSSR count). The fourth-order valence-electron chi connectivity index (χ4n) is 2.13. The summed E-state index contributed by atoms with van der Waals surface area (Å²) in [6, 6.07) is -2.41. The van der Waals surface area contributed by atoms with E-state index >= 15 is 0 Å². The zero-order valence-corrected chi connectivity index (χ0v) is 12.4. The number of hydrogen-bond acceptors (Lipinski definition) is 5. The number of carboxylic acids is 1. The minimum absolute atomic E-state index is 0.0960. The van der Waals surface area contributed by atoms with Crippen LogP contribution in [-0.2, 0) is 19.2 Å². The van der Waals surface area contributed by atoms with E-state index < -0.39 is 29.9 Å². The molecule has 3 amide bonds. The lowest BCUT2D eigenvalue weighted by Gasteiger charge is -2.20. The van der Waals surface area contributed by atoms with Gasteiger partial charge in [-0.2, -0.15) is 0 Å². The first-order valence-corrected chi connectivity index (χ1v) is 7.16. The van der Waals surface area contributed by atoms with Crippen molar-refractivity contribution in [2.24, 2.45) is 5.73 Å². The van der Waals surface area contributed by atoms with Crippen molar-refractivity contribution in [1.29, 1.82) is 0 Å². The van der Waals surface area contributed by atoms with Crippen molar-refractivity contribution >= 4 is 23.7 Å². The summed E-state index contributed by atoms with van der Waals surface area (Å²) in [5, 5.41) is 16.8. The first kappa shape index (κ1) is 17.9. The van der Waals surface area contributed by atoms with Crippen molar-refractivity contribution in [3.05, 3.63) is 0 Å². The standard InChI is InChI=1S/C13H22N4O5/c1-7(16-12(20)8-3-2-6-15-8)11(19)17-9(13(21)22)4-5-10(14)18/h7-9,15H,2-6H2,1H3,(H2,14,18)(H,16,20)(H,17,19)(H,21,22). The Balaban J connectivity index is 2.47. The molecule has 0 spiro atoms. The summed E-state index contributed by atoms with van der Waals surface area (Å²) in [7, 11) is 0. The molecule has 0 radical (unpaired) electrons. The third-order valence-electron chi connectivity index (χ3n) is 3.42. The predicted molar refractivity (Wildman–Crippen MR) is 76.6 cm³/mol. The molecule has 1 aliphatic rings. The molecular formula is C13H22N4O5. The van der Waals surface area contributed by atoms with E-state index in [9.17, 15) is 19.2 Å². The number of carbonyl (C=O) groups is 4. The Bertz CT molecular complexity index is 448. The van der Waals surface area contributed by atoms with Crippen LogP contribution in [0.15, 0.2) is 0 Å². The monoisotopic (exact) mass is 314 g/mol. The van der Waals surface area contributed by atoms with Gasteiger partial charge in [0.25, 0.3) is 0 Å². The largest absolute Gasteiger partial charge is 0.480 e. The Kier molecular flexibility index (Phi) is 6.77. The second kappa shape index (κ2) is 8.32. The van der Waals surface area contributed by atoms with Crippen LogP contribution < -0.4 is 21.7 Å². The minimum atomic E-state index is -1.26. The van der Waals surface area contributed by atoms with Gasteiger partial charge in [-0.05, 0) is 32.7 Å². The third kappa shape index (κ3) is 5.68. The molecule has 9 heteroatoms. The molecule has 9 nitrogen and oxygen atoms in total. The average molecular weight is 314 g/mol. The van der Waals surface area contributed by atoms with Crippen molar-refractivity contribution in [3.8, 4) is 0 Å². The van der Waals surface area contributed by atoms with Crippen LogP contribution >= 0.6 is 0 Å². The summed E-state index contributed by atoms with van der Waals surface area (Å²) < 4.78 is 0. The molecule has 6 N–H and O–H groups in total. The molecule has 22 heavy (non-hydrogen) atoms. The summed E-state index contributed by atoms with van der Waals surface area (Å²) in [5.41, 5.74) is 4.96. The molecule has 0 bridgehead atoms. The van der Waals surface area contributed by atoms with Crippen molar-refractivity contribution in [1.82, 2.24) is 16.0 Å². The lowest BCUT2D eigenvalue weighted by molar-refractivity contribution is -0.142. The van der Waals surface area contributed by atoms with Gasteiger partial charge in [-0.1, -0.05) is 0 Å². The van der Waals surface area contributed by atoms with Crippen LogP contribution in [0.1, 0.15) is 32.6 Å². The Morgan fingerprint density at radius 1 is 1.32 bits per heavy atom. The number of nitrogens with one attached hydrogen (secondary N) is 3. The highest BCUT2D eigenvalue weighted by Gasteiger charge is 2.27. The van der Waals surface area contributed by atoms with E-state index in [1.807, 2.05) is 0 Å². The molecule has 0 saturated carbocycles. The lowest BCUT2D eigenvalue weighted by Crippen LogP contribution is -2.53. The van der Waals surface area contributed by atoms with Gasteiger partial charge in [0.2, 0.25) is 17.7 Å². The fraction of sp³-hybridized carbons (Fsp3) is 0.692. The molecule has 0 aromatic rings. The van der Waals surface area contributed by atoms with Gasteiger partial charge in [0.15, 0.2) is 0 Å². The summed E-state index contributed by atoms with van der Waals surface area (Å²) in [6.45, 7) is 2.22. The van der Waals surface area contributed by atoms with Crippen molar-refractivity contribution in [3.63, 3.8) is 0 Å². The van der Waals surface area contributed by atoms with Gasteiger partial charge in [-0.25, -0.2) is 4.79 Å². The lowest BCUT2D eigenvalue weighted by atomic mass is 10.1. The maximum Gasteiger partial charge on any atom is 0.326 e. The van der Waals surface area contributed by atoms with Crippen molar-refractivity contribution in [2.75, 3.05) is 6.54 Å². The predicted octanol–water partition coefficient (Wildman–Crippen LogP) is -1.92. The molecule has 3 unspecified atom stereocenters. The summed E-state index contributed by atoms with van der Waals surface area (Å²) >= 11 is 0. The Morgan fingerprint density at radius 2 is 2.00 bits per heavy atom. The average Bonchev–Trinajstić information content (AvgIpc) is 2.96. The molecule has 1 heterocycles. The number of carbonyl (C=O) groups excluding carboxylic acids is 3. The molecule has 0 aromatic heterocycles. The first-order valence-electron chi connectivity index (χ1n) is 7.16. The quantitative estimate of drug-likeness (QED) is 0.352. The number of rotatable bonds is 8. The number of carboxylic acid groups (broad SMARTS) is 1. The second-order valence-corrected chi connectivity index (χ2v) is 5.28. The second-order valence-electron chi connectivity index (χ2n) is 5.28. The van der Waals surface area contributed by atoms with E-state index in [4.69, 9.17) is 10.8 Å². The van der Waals surface area contributed by atoms with E-state index in [0.29, 0.717) is 6.42 Å². The smallest absolute Gasteiger partial charge is 0.326 e. The van der Waals surface area contributed by atoms with E-state index in [1.165, 1.54) is 6.92 Å². The Hall–Kier alpha value is -2.16. The third-order valence-corrected chi connectivity index (χ3v) is 3.42. The minimum Gasteiger partial charge on any atom is -0.480 e. The maximum atomic E-state index is 11.9. The number of nitrogens with two attached hydrogens (primary N) is 1. The Labute approximate surface area is 128 Å². The molecule has 1 fully saturated rings. The van der Waals surface area contributed by atoms with Gasteiger partial charge in [-0.15, -0.1) is 0 Å². The Morgan fingerprint density at radius 3 is 2.50 bits per heavy atom. The maximum absolute atomic E-state index is 11.9. The van der Waals surface area contributed by atoms with Crippen molar-refractivity contribution < 1.29 is 24.3 Å². The van der Waals surface area contributed by atoms with E-state index in [1.54, 1.807) is 0 Å². The van der Waals surface area contributed by atoms with Crippen LogP contribution in [0.4, 0.5) is 0 Å². The van der Waals surface area contributed by atoms with Gasteiger partial charge in [-0.3, -0.25) is 14.4 Å². The normalized spacial score (nSPS) is 20.0. The van der Waals surface area contributed by atoms with Gasteiger partial charge >= 0.3 is 5.97 Å². The molecular weight excluding hydrogens is 292 g/mol. The molecule has 1 saturated heterocycles. The number of primary amides is 1. The zero-order valence-electron chi connectivity index (χ0n) is 12.4. The topological polar surface area (TPSA) is 151 Å². The summed E-state index contributed by atoms with van der Waals surface area (Å²) in [4.78, 5) is 45.5.